The third-order valence-electron chi connectivity index (χ3n) is 2.57. The molecular formula is C13H19N3O3. The normalized spacial score (nSPS) is 11.7. The molecule has 19 heavy (non-hydrogen) atoms. The molecular weight excluding hydrogens is 246 g/mol. The second-order valence-electron chi connectivity index (χ2n) is 3.92. The first-order valence-electron chi connectivity index (χ1n) is 5.98. The fraction of sp³-hybridized carbons (Fsp3) is 0.385. The highest BCUT2D eigenvalue weighted by Crippen LogP contribution is 2.14. The van der Waals surface area contributed by atoms with Gasteiger partial charge in [-0.1, -0.05) is 30.3 Å². The molecule has 0 aromatic heterocycles. The molecule has 0 saturated carbocycles. The number of carbonyl (C=O) groups excluding carboxylic acids is 2. The molecule has 1 atom stereocenters. The number of rotatable bonds is 7. The second-order valence-corrected chi connectivity index (χ2v) is 3.92. The van der Waals surface area contributed by atoms with Gasteiger partial charge in [-0.05, 0) is 5.56 Å². The first-order chi connectivity index (χ1) is 9.17. The van der Waals surface area contributed by atoms with Crippen molar-refractivity contribution >= 4 is 11.8 Å². The van der Waals surface area contributed by atoms with Gasteiger partial charge in [0.15, 0.2) is 0 Å². The lowest BCUT2D eigenvalue weighted by Crippen LogP contribution is -2.40. The number of nitrogens with two attached hydrogens (primary N) is 1. The molecule has 1 aromatic rings. The number of methoxy groups -OCH3 is 1. The van der Waals surface area contributed by atoms with E-state index in [9.17, 15) is 9.59 Å². The molecule has 0 aliphatic rings. The van der Waals surface area contributed by atoms with Crippen LogP contribution in [0, 0.1) is 0 Å². The molecule has 6 heteroatoms. The van der Waals surface area contributed by atoms with Crippen LogP contribution >= 0.6 is 0 Å². The molecule has 1 unspecified atom stereocenters. The van der Waals surface area contributed by atoms with E-state index in [4.69, 9.17) is 10.5 Å². The maximum Gasteiger partial charge on any atom is 0.239 e. The van der Waals surface area contributed by atoms with E-state index in [0.717, 1.165) is 5.56 Å². The van der Waals surface area contributed by atoms with Gasteiger partial charge in [0.2, 0.25) is 11.8 Å². The van der Waals surface area contributed by atoms with Gasteiger partial charge < -0.3 is 21.1 Å². The van der Waals surface area contributed by atoms with E-state index in [0.29, 0.717) is 6.54 Å². The van der Waals surface area contributed by atoms with Crippen molar-refractivity contribution in [3.05, 3.63) is 35.9 Å². The minimum Gasteiger partial charge on any atom is -0.375 e. The standard InChI is InChI=1S/C13H19N3O3/c1-19-11(10-5-3-2-4-6-10)8-15-13(18)9-16-12(17)7-14/h2-6,11H,7-9,14H2,1H3,(H,15,18)(H,16,17). The largest absolute Gasteiger partial charge is 0.375 e. The van der Waals surface area contributed by atoms with Gasteiger partial charge in [-0.25, -0.2) is 0 Å². The van der Waals surface area contributed by atoms with Crippen LogP contribution in [0.5, 0.6) is 0 Å². The third kappa shape index (κ3) is 5.50. The summed E-state index contributed by atoms with van der Waals surface area (Å²) in [4.78, 5) is 22.4. The predicted molar refractivity (Wildman–Crippen MR) is 71.3 cm³/mol. The van der Waals surface area contributed by atoms with Crippen LogP contribution in [0.2, 0.25) is 0 Å². The Morgan fingerprint density at radius 2 is 1.89 bits per heavy atom. The van der Waals surface area contributed by atoms with Crippen molar-refractivity contribution in [3.8, 4) is 0 Å². The Labute approximate surface area is 112 Å². The van der Waals surface area contributed by atoms with Crippen LogP contribution in [0.3, 0.4) is 0 Å². The highest BCUT2D eigenvalue weighted by molar-refractivity contribution is 5.85. The van der Waals surface area contributed by atoms with Crippen molar-refractivity contribution in [1.82, 2.24) is 10.6 Å². The van der Waals surface area contributed by atoms with E-state index >= 15 is 0 Å². The molecule has 0 aliphatic carbocycles. The van der Waals surface area contributed by atoms with Crippen LogP contribution in [0.15, 0.2) is 30.3 Å². The Morgan fingerprint density at radius 1 is 1.21 bits per heavy atom. The first-order valence-corrected chi connectivity index (χ1v) is 5.98. The van der Waals surface area contributed by atoms with Gasteiger partial charge >= 0.3 is 0 Å². The molecule has 104 valence electrons. The van der Waals surface area contributed by atoms with Crippen molar-refractivity contribution in [2.45, 2.75) is 6.10 Å². The van der Waals surface area contributed by atoms with Crippen LogP contribution < -0.4 is 16.4 Å². The molecule has 0 fully saturated rings. The van der Waals surface area contributed by atoms with Gasteiger partial charge in [-0.15, -0.1) is 0 Å². The summed E-state index contributed by atoms with van der Waals surface area (Å²) in [5.41, 5.74) is 6.10. The van der Waals surface area contributed by atoms with E-state index in [2.05, 4.69) is 10.6 Å². The number of benzene rings is 1. The molecule has 0 bridgehead atoms. The van der Waals surface area contributed by atoms with Crippen LogP contribution in [0.1, 0.15) is 11.7 Å². The molecule has 1 rings (SSSR count). The molecule has 0 aliphatic heterocycles. The Kier molecular flexibility index (Phi) is 6.56. The average molecular weight is 265 g/mol. The van der Waals surface area contributed by atoms with Crippen molar-refractivity contribution in [3.63, 3.8) is 0 Å². The van der Waals surface area contributed by atoms with Crippen molar-refractivity contribution in [2.75, 3.05) is 26.7 Å². The highest BCUT2D eigenvalue weighted by Gasteiger charge is 2.11. The van der Waals surface area contributed by atoms with E-state index in [1.165, 1.54) is 0 Å². The van der Waals surface area contributed by atoms with Crippen LogP contribution in [0.25, 0.3) is 0 Å². The fourth-order valence-electron chi connectivity index (χ4n) is 1.53. The molecule has 4 N–H and O–H groups in total. The fourth-order valence-corrected chi connectivity index (χ4v) is 1.53. The van der Waals surface area contributed by atoms with Crippen molar-refractivity contribution < 1.29 is 14.3 Å². The average Bonchev–Trinajstić information content (AvgIpc) is 2.46. The molecule has 2 amide bonds. The quantitative estimate of drug-likeness (QED) is 0.623. The summed E-state index contributed by atoms with van der Waals surface area (Å²) in [7, 11) is 1.58. The summed E-state index contributed by atoms with van der Waals surface area (Å²) >= 11 is 0. The summed E-state index contributed by atoms with van der Waals surface area (Å²) in [6.07, 6.45) is -0.213. The Bertz CT molecular complexity index is 409. The SMILES string of the molecule is COC(CNC(=O)CNC(=O)CN)c1ccccc1. The number of nitrogens with one attached hydrogen (secondary N) is 2. The van der Waals surface area contributed by atoms with Crippen LogP contribution in [-0.2, 0) is 14.3 Å². The monoisotopic (exact) mass is 265 g/mol. The van der Waals surface area contributed by atoms with Gasteiger partial charge in [0.1, 0.15) is 0 Å². The summed E-state index contributed by atoms with van der Waals surface area (Å²) in [6, 6.07) is 9.58. The molecule has 0 radical (unpaired) electrons. The maximum absolute atomic E-state index is 11.5. The number of hydrogen-bond donors (Lipinski definition) is 3. The zero-order chi connectivity index (χ0) is 14.1. The topological polar surface area (TPSA) is 93.5 Å². The third-order valence-corrected chi connectivity index (χ3v) is 2.57. The Balaban J connectivity index is 2.37. The highest BCUT2D eigenvalue weighted by atomic mass is 16.5. The zero-order valence-electron chi connectivity index (χ0n) is 10.9. The zero-order valence-corrected chi connectivity index (χ0v) is 10.9. The molecule has 0 heterocycles. The van der Waals surface area contributed by atoms with Crippen molar-refractivity contribution in [2.24, 2.45) is 5.73 Å². The number of amides is 2. The van der Waals surface area contributed by atoms with Gasteiger partial charge in [0.05, 0.1) is 19.2 Å². The number of hydrogen-bond acceptors (Lipinski definition) is 4. The van der Waals surface area contributed by atoms with Crippen molar-refractivity contribution in [1.29, 1.82) is 0 Å². The molecule has 1 aromatic carbocycles. The number of carbonyl (C=O) groups is 2. The molecule has 6 nitrogen and oxygen atoms in total. The minimum atomic E-state index is -0.360. The lowest BCUT2D eigenvalue weighted by Gasteiger charge is -2.16. The minimum absolute atomic E-state index is 0.0821. The van der Waals surface area contributed by atoms with Gasteiger partial charge in [0.25, 0.3) is 0 Å². The van der Waals surface area contributed by atoms with E-state index in [1.807, 2.05) is 30.3 Å². The lowest BCUT2D eigenvalue weighted by molar-refractivity contribution is -0.125. The smallest absolute Gasteiger partial charge is 0.239 e. The van der Waals surface area contributed by atoms with Gasteiger partial charge in [-0.2, -0.15) is 0 Å². The summed E-state index contributed by atoms with van der Waals surface area (Å²) in [5, 5.41) is 5.09. The van der Waals surface area contributed by atoms with Crippen LogP contribution in [-0.4, -0.2) is 38.6 Å². The van der Waals surface area contributed by atoms with E-state index in [-0.39, 0.29) is 31.0 Å². The predicted octanol–water partition coefficient (Wildman–Crippen LogP) is -0.435. The van der Waals surface area contributed by atoms with Gasteiger partial charge in [-0.3, -0.25) is 9.59 Å². The van der Waals surface area contributed by atoms with Crippen LogP contribution in [0.4, 0.5) is 0 Å². The molecule has 0 spiro atoms. The molecule has 0 saturated heterocycles. The maximum atomic E-state index is 11.5. The summed E-state index contributed by atoms with van der Waals surface area (Å²) in [6.45, 7) is 0.136. The number of ether oxygens (including phenoxy) is 1. The summed E-state index contributed by atoms with van der Waals surface area (Å²) < 4.78 is 5.31. The Hall–Kier alpha value is -1.92. The Morgan fingerprint density at radius 3 is 2.47 bits per heavy atom. The van der Waals surface area contributed by atoms with Gasteiger partial charge in [0, 0.05) is 13.7 Å². The van der Waals surface area contributed by atoms with E-state index < -0.39 is 0 Å². The second kappa shape index (κ2) is 8.23. The van der Waals surface area contributed by atoms with E-state index in [1.54, 1.807) is 7.11 Å². The summed E-state index contributed by atoms with van der Waals surface area (Å²) in [5.74, 6) is -0.638. The first kappa shape index (κ1) is 15.1. The lowest BCUT2D eigenvalue weighted by atomic mass is 10.1.